The molecule has 4 bridgehead atoms. The number of nitrogens with one attached hydrogen (secondary N) is 1. The molecule has 1 N–H and O–H groups in total. The summed E-state index contributed by atoms with van der Waals surface area (Å²) in [6, 6.07) is 3.79. The summed E-state index contributed by atoms with van der Waals surface area (Å²) >= 11 is 6.01. The van der Waals surface area contributed by atoms with E-state index in [2.05, 4.69) is 5.32 Å². The van der Waals surface area contributed by atoms with Gasteiger partial charge in [-0.25, -0.2) is 0 Å². The van der Waals surface area contributed by atoms with Gasteiger partial charge in [0.25, 0.3) is 11.6 Å². The number of benzene rings is 1. The van der Waals surface area contributed by atoms with Gasteiger partial charge in [-0.3, -0.25) is 19.7 Å². The smallest absolute Gasteiger partial charge is 0.307 e. The summed E-state index contributed by atoms with van der Waals surface area (Å²) < 4.78 is 5.41. The van der Waals surface area contributed by atoms with Crippen molar-refractivity contribution < 1.29 is 19.2 Å². The van der Waals surface area contributed by atoms with E-state index in [4.69, 9.17) is 16.3 Å². The first-order valence-electron chi connectivity index (χ1n) is 10.2. The number of rotatable bonds is 6. The Morgan fingerprint density at radius 3 is 2.38 bits per heavy atom. The van der Waals surface area contributed by atoms with E-state index in [0.717, 1.165) is 37.0 Å². The van der Waals surface area contributed by atoms with Crippen LogP contribution in [0.4, 0.5) is 11.4 Å². The number of hydrogen-bond acceptors (Lipinski definition) is 5. The molecule has 7 nitrogen and oxygen atoms in total. The molecule has 0 heterocycles. The van der Waals surface area contributed by atoms with Crippen molar-refractivity contribution in [3.63, 3.8) is 0 Å². The molecule has 1 atom stereocenters. The molecular formula is C21H25ClN2O5. The maximum absolute atomic E-state index is 12.6. The largest absolute Gasteiger partial charge is 0.453 e. The number of carbonyl (C=O) groups is 2. The van der Waals surface area contributed by atoms with Crippen LogP contribution in [0.1, 0.15) is 51.9 Å². The molecule has 8 heteroatoms. The van der Waals surface area contributed by atoms with Gasteiger partial charge in [-0.15, -0.1) is 0 Å². The highest BCUT2D eigenvalue weighted by atomic mass is 35.5. The Balaban J connectivity index is 1.35. The van der Waals surface area contributed by atoms with Crippen molar-refractivity contribution >= 4 is 34.9 Å². The molecule has 0 radical (unpaired) electrons. The van der Waals surface area contributed by atoms with Crippen LogP contribution in [-0.2, 0) is 14.3 Å². The maximum Gasteiger partial charge on any atom is 0.307 e. The van der Waals surface area contributed by atoms with Gasteiger partial charge in [0, 0.05) is 12.1 Å². The first-order valence-corrected chi connectivity index (χ1v) is 10.5. The third-order valence-corrected chi connectivity index (χ3v) is 7.11. The minimum Gasteiger partial charge on any atom is -0.453 e. The Hall–Kier alpha value is -2.15. The lowest BCUT2D eigenvalue weighted by Crippen LogP contribution is -2.47. The summed E-state index contributed by atoms with van der Waals surface area (Å²) in [5.74, 6) is 1.31. The fourth-order valence-electron chi connectivity index (χ4n) is 6.06. The van der Waals surface area contributed by atoms with E-state index in [1.807, 2.05) is 0 Å². The molecule has 0 aliphatic heterocycles. The van der Waals surface area contributed by atoms with Crippen LogP contribution in [0.3, 0.4) is 0 Å². The van der Waals surface area contributed by atoms with E-state index in [1.54, 1.807) is 0 Å². The zero-order valence-electron chi connectivity index (χ0n) is 16.4. The number of amides is 1. The number of nitro benzene ring substituents is 1. The first kappa shape index (κ1) is 20.1. The fraction of sp³-hybridized carbons (Fsp3) is 0.619. The zero-order valence-corrected chi connectivity index (χ0v) is 17.1. The maximum atomic E-state index is 12.6. The van der Waals surface area contributed by atoms with Crippen LogP contribution in [0.15, 0.2) is 18.2 Å². The third-order valence-electron chi connectivity index (χ3n) is 6.78. The van der Waals surface area contributed by atoms with E-state index in [-0.39, 0.29) is 27.8 Å². The molecule has 4 fully saturated rings. The number of anilines is 1. The highest BCUT2D eigenvalue weighted by molar-refractivity contribution is 6.33. The summed E-state index contributed by atoms with van der Waals surface area (Å²) in [5, 5.41) is 13.6. The van der Waals surface area contributed by atoms with Crippen molar-refractivity contribution in [1.29, 1.82) is 0 Å². The number of hydrogen-bond donors (Lipinski definition) is 1. The molecule has 1 unspecified atom stereocenters. The highest BCUT2D eigenvalue weighted by Gasteiger charge is 2.51. The number of non-ortho nitro benzene ring substituents is 1. The van der Waals surface area contributed by atoms with Crippen LogP contribution >= 0.6 is 11.6 Å². The van der Waals surface area contributed by atoms with Crippen LogP contribution in [0.5, 0.6) is 0 Å². The number of ether oxygens (including phenoxy) is 1. The van der Waals surface area contributed by atoms with Gasteiger partial charge in [-0.05, 0) is 74.7 Å². The van der Waals surface area contributed by atoms with E-state index in [0.29, 0.717) is 6.42 Å². The van der Waals surface area contributed by atoms with Gasteiger partial charge in [0.2, 0.25) is 0 Å². The molecule has 1 aromatic rings. The molecule has 0 spiro atoms. The molecule has 4 saturated carbocycles. The molecule has 1 aromatic carbocycles. The second kappa shape index (κ2) is 7.59. The number of carbonyl (C=O) groups excluding carboxylic acids is 2. The Kier molecular flexibility index (Phi) is 5.27. The normalized spacial score (nSPS) is 30.6. The number of halogens is 1. The molecule has 29 heavy (non-hydrogen) atoms. The molecule has 156 valence electrons. The average Bonchev–Trinajstić information content (AvgIpc) is 2.61. The Morgan fingerprint density at radius 1 is 1.24 bits per heavy atom. The van der Waals surface area contributed by atoms with Crippen molar-refractivity contribution in [2.45, 2.75) is 58.0 Å². The molecule has 4 aliphatic rings. The van der Waals surface area contributed by atoms with E-state index in [9.17, 15) is 19.7 Å². The molecule has 1 amide bonds. The summed E-state index contributed by atoms with van der Waals surface area (Å²) in [6.45, 7) is 1.50. The Morgan fingerprint density at radius 2 is 1.83 bits per heavy atom. The van der Waals surface area contributed by atoms with Gasteiger partial charge in [0.05, 0.1) is 22.1 Å². The SMILES string of the molecule is CC(OC(=O)CC12CC3CC(CC(C3)C1)C2)C(=O)Nc1cc([N+](=O)[O-])ccc1Cl. The van der Waals surface area contributed by atoms with Crippen LogP contribution in [0, 0.1) is 33.3 Å². The second-order valence-electron chi connectivity index (χ2n) is 9.14. The zero-order chi connectivity index (χ0) is 20.8. The minimum absolute atomic E-state index is 0.0470. The van der Waals surface area contributed by atoms with Crippen LogP contribution in [-0.4, -0.2) is 22.9 Å². The predicted octanol–water partition coefficient (Wildman–Crippen LogP) is 4.72. The van der Waals surface area contributed by atoms with Crippen molar-refractivity contribution in [2.75, 3.05) is 5.32 Å². The summed E-state index contributed by atoms with van der Waals surface area (Å²) in [5.41, 5.74) is -0.0169. The summed E-state index contributed by atoms with van der Waals surface area (Å²) in [6.07, 6.45) is 6.55. The lowest BCUT2D eigenvalue weighted by atomic mass is 9.49. The van der Waals surface area contributed by atoms with E-state index in [1.165, 1.54) is 44.4 Å². The molecule has 0 aromatic heterocycles. The minimum atomic E-state index is -1.01. The topological polar surface area (TPSA) is 98.5 Å². The molecule has 0 saturated heterocycles. The van der Waals surface area contributed by atoms with Crippen molar-refractivity contribution in [1.82, 2.24) is 0 Å². The van der Waals surface area contributed by atoms with Crippen LogP contribution in [0.2, 0.25) is 5.02 Å². The third kappa shape index (κ3) is 4.25. The highest BCUT2D eigenvalue weighted by Crippen LogP contribution is 2.61. The lowest BCUT2D eigenvalue weighted by molar-refractivity contribution is -0.384. The van der Waals surface area contributed by atoms with Gasteiger partial charge < -0.3 is 10.1 Å². The second-order valence-corrected chi connectivity index (χ2v) is 9.54. The van der Waals surface area contributed by atoms with E-state index < -0.39 is 16.9 Å². The number of nitro groups is 1. The van der Waals surface area contributed by atoms with Gasteiger partial charge in [-0.2, -0.15) is 0 Å². The monoisotopic (exact) mass is 420 g/mol. The van der Waals surface area contributed by atoms with Crippen LogP contribution < -0.4 is 5.32 Å². The Labute approximate surface area is 174 Å². The first-order chi connectivity index (χ1) is 13.7. The summed E-state index contributed by atoms with van der Waals surface area (Å²) in [4.78, 5) is 35.4. The number of nitrogens with zero attached hydrogens (tertiary/aromatic N) is 1. The average molecular weight is 421 g/mol. The quantitative estimate of drug-likeness (QED) is 0.407. The van der Waals surface area contributed by atoms with Gasteiger partial charge in [0.15, 0.2) is 6.10 Å². The van der Waals surface area contributed by atoms with Crippen molar-refractivity contribution in [3.05, 3.63) is 33.3 Å². The van der Waals surface area contributed by atoms with Gasteiger partial charge in [-0.1, -0.05) is 11.6 Å². The van der Waals surface area contributed by atoms with Crippen molar-refractivity contribution in [3.8, 4) is 0 Å². The number of esters is 1. The lowest BCUT2D eigenvalue weighted by Gasteiger charge is -2.56. The standard InChI is InChI=1S/C21H25ClN2O5/c1-12(20(26)23-18-7-16(24(27)28)2-3-17(18)22)29-19(25)11-21-8-13-4-14(9-21)6-15(5-13)10-21/h2-3,7,12-15H,4-6,8-11H2,1H3,(H,23,26). The Bertz CT molecular complexity index is 820. The predicted molar refractivity (Wildman–Crippen MR) is 108 cm³/mol. The summed E-state index contributed by atoms with van der Waals surface area (Å²) in [7, 11) is 0. The molecular weight excluding hydrogens is 396 g/mol. The van der Waals surface area contributed by atoms with E-state index >= 15 is 0 Å². The van der Waals surface area contributed by atoms with Gasteiger partial charge in [0.1, 0.15) is 0 Å². The van der Waals surface area contributed by atoms with Gasteiger partial charge >= 0.3 is 5.97 Å². The molecule has 4 aliphatic carbocycles. The van der Waals surface area contributed by atoms with Crippen LogP contribution in [0.25, 0.3) is 0 Å². The molecule has 5 rings (SSSR count). The van der Waals surface area contributed by atoms with Crippen molar-refractivity contribution in [2.24, 2.45) is 23.2 Å². The fourth-order valence-corrected chi connectivity index (χ4v) is 6.23.